The summed E-state index contributed by atoms with van der Waals surface area (Å²) in [5, 5.41) is 77.2. The van der Waals surface area contributed by atoms with Crippen LogP contribution in [0.1, 0.15) is 107 Å². The van der Waals surface area contributed by atoms with Crippen molar-refractivity contribution in [3.05, 3.63) is 11.6 Å². The molecule has 0 amide bonds. The van der Waals surface area contributed by atoms with Crippen molar-refractivity contribution in [3.63, 3.8) is 0 Å². The minimum Gasteiger partial charge on any atom is -0.394 e. The molecule has 16 atom stereocenters. The molecular formula is C36H62O9. The quantitative estimate of drug-likeness (QED) is 0.164. The van der Waals surface area contributed by atoms with Gasteiger partial charge in [-0.25, -0.2) is 0 Å². The van der Waals surface area contributed by atoms with Crippen molar-refractivity contribution in [2.24, 2.45) is 45.3 Å². The number of aliphatic hydroxyl groups excluding tert-OH is 6. The molecule has 0 bridgehead atoms. The Morgan fingerprint density at radius 2 is 1.60 bits per heavy atom. The molecule has 1 saturated heterocycles. The molecule has 4 aliphatic carbocycles. The van der Waals surface area contributed by atoms with E-state index in [0.29, 0.717) is 25.7 Å². The van der Waals surface area contributed by atoms with Gasteiger partial charge in [0.1, 0.15) is 24.4 Å². The SMILES string of the molecule is CC(C)=CCC[C@@](C)(O)[C@H]1CC[C@@]2(C)[C@H]1[C@@H](O)C[C@H]1[C@@]3(C)CC[C@H](O)C(C)(C)[C@H]3[C@@H](O[C@@H]3O[C@@H](CO)[C@@H](O)[C@@H](O)[C@@H]3O)C[C@@]12C. The molecule has 260 valence electrons. The van der Waals surface area contributed by atoms with E-state index in [1.54, 1.807) is 0 Å². The Morgan fingerprint density at radius 3 is 2.22 bits per heavy atom. The first kappa shape index (κ1) is 35.7. The average Bonchev–Trinajstić information content (AvgIpc) is 3.33. The predicted octanol–water partition coefficient (Wildman–Crippen LogP) is 3.30. The van der Waals surface area contributed by atoms with Crippen molar-refractivity contribution in [2.75, 3.05) is 6.61 Å². The monoisotopic (exact) mass is 638 g/mol. The summed E-state index contributed by atoms with van der Waals surface area (Å²) in [6.07, 6.45) is -0.603. The molecule has 0 aromatic rings. The van der Waals surface area contributed by atoms with E-state index >= 15 is 0 Å². The summed E-state index contributed by atoms with van der Waals surface area (Å²) in [4.78, 5) is 0. The summed E-state index contributed by atoms with van der Waals surface area (Å²) in [6.45, 7) is 16.6. The Balaban J connectivity index is 1.54. The molecule has 0 spiro atoms. The summed E-state index contributed by atoms with van der Waals surface area (Å²) >= 11 is 0. The van der Waals surface area contributed by atoms with Crippen LogP contribution in [0, 0.1) is 45.3 Å². The molecule has 0 aromatic heterocycles. The molecular weight excluding hydrogens is 576 g/mol. The van der Waals surface area contributed by atoms with E-state index in [-0.39, 0.29) is 39.9 Å². The van der Waals surface area contributed by atoms with Crippen LogP contribution in [0.25, 0.3) is 0 Å². The summed E-state index contributed by atoms with van der Waals surface area (Å²) in [5.41, 5.74) is -1.21. The number of allylic oxidation sites excluding steroid dienone is 2. The molecule has 45 heavy (non-hydrogen) atoms. The molecule has 1 aliphatic heterocycles. The fourth-order valence-corrected chi connectivity index (χ4v) is 11.9. The Morgan fingerprint density at radius 1 is 0.933 bits per heavy atom. The van der Waals surface area contributed by atoms with Gasteiger partial charge >= 0.3 is 0 Å². The number of hydrogen-bond donors (Lipinski definition) is 7. The smallest absolute Gasteiger partial charge is 0.186 e. The Hall–Kier alpha value is -0.620. The van der Waals surface area contributed by atoms with Crippen LogP contribution in [-0.2, 0) is 9.47 Å². The highest BCUT2D eigenvalue weighted by Crippen LogP contribution is 2.76. The van der Waals surface area contributed by atoms with Crippen molar-refractivity contribution in [2.45, 2.75) is 161 Å². The van der Waals surface area contributed by atoms with Gasteiger partial charge in [0, 0.05) is 0 Å². The number of rotatable bonds is 7. The van der Waals surface area contributed by atoms with Crippen LogP contribution in [0.3, 0.4) is 0 Å². The van der Waals surface area contributed by atoms with Gasteiger partial charge in [-0.1, -0.05) is 46.3 Å². The predicted molar refractivity (Wildman–Crippen MR) is 170 cm³/mol. The van der Waals surface area contributed by atoms with Crippen molar-refractivity contribution in [3.8, 4) is 0 Å². The van der Waals surface area contributed by atoms with Crippen LogP contribution < -0.4 is 0 Å². The van der Waals surface area contributed by atoms with Gasteiger partial charge in [-0.05, 0) is 117 Å². The van der Waals surface area contributed by atoms with Crippen molar-refractivity contribution >= 4 is 0 Å². The number of fused-ring (bicyclic) bond motifs is 5. The average molecular weight is 639 g/mol. The molecule has 0 aromatic carbocycles. The Labute approximate surface area is 270 Å². The van der Waals surface area contributed by atoms with E-state index in [9.17, 15) is 35.7 Å². The molecule has 5 fully saturated rings. The van der Waals surface area contributed by atoms with Gasteiger partial charge in [0.05, 0.1) is 30.5 Å². The fraction of sp³-hybridized carbons (Fsp3) is 0.944. The topological polar surface area (TPSA) is 160 Å². The van der Waals surface area contributed by atoms with Gasteiger partial charge in [-0.2, -0.15) is 0 Å². The van der Waals surface area contributed by atoms with Crippen LogP contribution in [0.15, 0.2) is 11.6 Å². The summed E-state index contributed by atoms with van der Waals surface area (Å²) < 4.78 is 12.6. The maximum absolute atomic E-state index is 12.1. The highest BCUT2D eigenvalue weighted by Gasteiger charge is 2.73. The minimum atomic E-state index is -1.54. The molecule has 4 saturated carbocycles. The third-order valence-electron chi connectivity index (χ3n) is 14.4. The minimum absolute atomic E-state index is 0.0548. The number of aliphatic hydroxyl groups is 7. The van der Waals surface area contributed by atoms with Crippen LogP contribution in [0.5, 0.6) is 0 Å². The zero-order valence-corrected chi connectivity index (χ0v) is 28.8. The lowest BCUT2D eigenvalue weighted by atomic mass is 9.34. The highest BCUT2D eigenvalue weighted by atomic mass is 16.7. The summed E-state index contributed by atoms with van der Waals surface area (Å²) in [7, 11) is 0. The number of hydrogen-bond acceptors (Lipinski definition) is 9. The second kappa shape index (κ2) is 12.1. The van der Waals surface area contributed by atoms with Gasteiger partial charge < -0.3 is 45.2 Å². The molecule has 0 radical (unpaired) electrons. The lowest BCUT2D eigenvalue weighted by molar-refractivity contribution is -0.346. The van der Waals surface area contributed by atoms with Gasteiger partial charge in [0.2, 0.25) is 0 Å². The standard InChI is InChI=1S/C36H62O9/c1-19(2)10-9-13-36(8,43)20-11-15-34(6)26(20)21(38)16-24-33(5)14-12-25(39)32(3,4)30(33)22(17-35(24,34)7)44-31-29(42)28(41)27(40)23(18-37)45-31/h10,20-31,37-43H,9,11-18H2,1-8H3/t20-,21-,22-,23-,24-,25-,26+,27+,28+,29-,30+,31+,33+,34-,35-,36+/m0/s1. The molecule has 7 N–H and O–H groups in total. The van der Waals surface area contributed by atoms with Crippen LogP contribution in [0.4, 0.5) is 0 Å². The second-order valence-electron chi connectivity index (χ2n) is 17.5. The van der Waals surface area contributed by atoms with Crippen LogP contribution in [-0.4, -0.2) is 97.0 Å². The van der Waals surface area contributed by atoms with Gasteiger partial charge in [-0.15, -0.1) is 0 Å². The lowest BCUT2D eigenvalue weighted by Crippen LogP contribution is -2.71. The molecule has 5 aliphatic rings. The first-order chi connectivity index (χ1) is 20.8. The summed E-state index contributed by atoms with van der Waals surface area (Å²) in [6, 6.07) is 0. The van der Waals surface area contributed by atoms with E-state index in [1.165, 1.54) is 5.57 Å². The Bertz CT molecular complexity index is 1100. The van der Waals surface area contributed by atoms with Crippen LogP contribution >= 0.6 is 0 Å². The fourth-order valence-electron chi connectivity index (χ4n) is 11.9. The maximum Gasteiger partial charge on any atom is 0.186 e. The van der Waals surface area contributed by atoms with E-state index in [2.05, 4.69) is 54.5 Å². The van der Waals surface area contributed by atoms with Gasteiger partial charge in [0.25, 0.3) is 0 Å². The van der Waals surface area contributed by atoms with Gasteiger partial charge in [0.15, 0.2) is 6.29 Å². The third kappa shape index (κ3) is 5.48. The second-order valence-corrected chi connectivity index (χ2v) is 17.5. The molecule has 9 heteroatoms. The van der Waals surface area contributed by atoms with E-state index < -0.39 is 66.6 Å². The van der Waals surface area contributed by atoms with E-state index in [4.69, 9.17) is 9.47 Å². The molecule has 1 heterocycles. The van der Waals surface area contributed by atoms with Gasteiger partial charge in [-0.3, -0.25) is 0 Å². The molecule has 0 unspecified atom stereocenters. The Kier molecular flexibility index (Phi) is 9.56. The highest BCUT2D eigenvalue weighted by molar-refractivity contribution is 5.22. The first-order valence-electron chi connectivity index (χ1n) is 17.4. The van der Waals surface area contributed by atoms with Crippen molar-refractivity contribution < 1.29 is 45.2 Å². The molecule has 5 rings (SSSR count). The lowest BCUT2D eigenvalue weighted by Gasteiger charge is -2.72. The first-order valence-corrected chi connectivity index (χ1v) is 17.4. The normalized spacial score (nSPS) is 52.2. The zero-order valence-electron chi connectivity index (χ0n) is 28.8. The third-order valence-corrected chi connectivity index (χ3v) is 14.4. The molecule has 9 nitrogen and oxygen atoms in total. The maximum atomic E-state index is 12.1. The number of ether oxygens (including phenoxy) is 2. The largest absolute Gasteiger partial charge is 0.394 e. The van der Waals surface area contributed by atoms with E-state index in [0.717, 1.165) is 25.7 Å². The van der Waals surface area contributed by atoms with Crippen molar-refractivity contribution in [1.29, 1.82) is 0 Å². The summed E-state index contributed by atoms with van der Waals surface area (Å²) in [5.74, 6) is -0.186. The van der Waals surface area contributed by atoms with Crippen molar-refractivity contribution in [1.82, 2.24) is 0 Å². The van der Waals surface area contributed by atoms with Crippen LogP contribution in [0.2, 0.25) is 0 Å². The van der Waals surface area contributed by atoms with E-state index in [1.807, 2.05) is 6.92 Å². The zero-order chi connectivity index (χ0) is 33.5.